The van der Waals surface area contributed by atoms with E-state index in [-0.39, 0.29) is 0 Å². The van der Waals surface area contributed by atoms with Crippen LogP contribution in [-0.2, 0) is 7.05 Å². The average Bonchev–Trinajstić information content (AvgIpc) is 3.07. The van der Waals surface area contributed by atoms with Crippen molar-refractivity contribution in [1.82, 2.24) is 24.6 Å². The molecule has 6 nitrogen and oxygen atoms in total. The largest absolute Gasteiger partial charge is 0.359 e. The molecule has 0 aliphatic carbocycles. The molecule has 3 heterocycles. The second-order valence-corrected chi connectivity index (χ2v) is 7.73. The Kier molecular flexibility index (Phi) is 5.91. The van der Waals surface area contributed by atoms with Gasteiger partial charge in [0.1, 0.15) is 11.6 Å². The average molecular weight is 357 g/mol. The SMILES string of the molecule is CCN1CCC[C@@H](CN(C)c2ccnc(C(C)C)n2)[C@@H]1c1cnn(C)c1. The van der Waals surface area contributed by atoms with Crippen LogP contribution in [0.2, 0.25) is 0 Å². The van der Waals surface area contributed by atoms with Crippen LogP contribution in [0.5, 0.6) is 0 Å². The summed E-state index contributed by atoms with van der Waals surface area (Å²) in [6, 6.07) is 2.45. The molecule has 26 heavy (non-hydrogen) atoms. The summed E-state index contributed by atoms with van der Waals surface area (Å²) in [5, 5.41) is 4.42. The molecule has 0 unspecified atom stereocenters. The van der Waals surface area contributed by atoms with E-state index < -0.39 is 0 Å². The molecule has 0 spiro atoms. The van der Waals surface area contributed by atoms with Gasteiger partial charge < -0.3 is 4.90 Å². The Morgan fingerprint density at radius 1 is 1.35 bits per heavy atom. The monoisotopic (exact) mass is 356 g/mol. The van der Waals surface area contributed by atoms with Crippen LogP contribution in [0.3, 0.4) is 0 Å². The lowest BCUT2D eigenvalue weighted by molar-refractivity contribution is 0.101. The van der Waals surface area contributed by atoms with Gasteiger partial charge in [0, 0.05) is 50.6 Å². The lowest BCUT2D eigenvalue weighted by Crippen LogP contribution is -2.43. The molecule has 1 aliphatic rings. The Labute approximate surface area is 157 Å². The van der Waals surface area contributed by atoms with Gasteiger partial charge in [0.15, 0.2) is 0 Å². The number of piperidine rings is 1. The van der Waals surface area contributed by atoms with Crippen LogP contribution >= 0.6 is 0 Å². The van der Waals surface area contributed by atoms with Crippen LogP contribution in [-0.4, -0.2) is 51.3 Å². The highest BCUT2D eigenvalue weighted by molar-refractivity contribution is 5.37. The maximum Gasteiger partial charge on any atom is 0.133 e. The highest BCUT2D eigenvalue weighted by Gasteiger charge is 2.33. The molecule has 0 radical (unpaired) electrons. The maximum atomic E-state index is 4.76. The van der Waals surface area contributed by atoms with Gasteiger partial charge in [0.25, 0.3) is 0 Å². The van der Waals surface area contributed by atoms with Gasteiger partial charge in [-0.15, -0.1) is 0 Å². The molecule has 6 heteroatoms. The van der Waals surface area contributed by atoms with Gasteiger partial charge in [0.2, 0.25) is 0 Å². The first-order valence-electron chi connectivity index (χ1n) is 9.76. The molecule has 142 valence electrons. The Hall–Kier alpha value is -1.95. The third-order valence-electron chi connectivity index (χ3n) is 5.41. The highest BCUT2D eigenvalue weighted by Crippen LogP contribution is 2.36. The van der Waals surface area contributed by atoms with E-state index in [0.29, 0.717) is 17.9 Å². The predicted octanol–water partition coefficient (Wildman–Crippen LogP) is 3.24. The standard InChI is InChI=1S/C20H32N6/c1-6-26-11-7-8-16(19(26)17-12-22-25(5)14-17)13-24(4)18-9-10-21-20(23-18)15(2)3/h9-10,12,14-16,19H,6-8,11,13H2,1-5H3/t16-,19+/m0/s1. The number of hydrogen-bond acceptors (Lipinski definition) is 5. The third kappa shape index (κ3) is 4.06. The zero-order chi connectivity index (χ0) is 18.7. The number of aromatic nitrogens is 4. The second kappa shape index (κ2) is 8.16. The van der Waals surface area contributed by atoms with Crippen LogP contribution in [0.4, 0.5) is 5.82 Å². The van der Waals surface area contributed by atoms with Crippen LogP contribution in [0.1, 0.15) is 57.0 Å². The molecule has 2 aromatic rings. The fourth-order valence-corrected chi connectivity index (χ4v) is 4.07. The van der Waals surface area contributed by atoms with Crippen LogP contribution in [0, 0.1) is 5.92 Å². The van der Waals surface area contributed by atoms with E-state index in [2.05, 4.69) is 53.9 Å². The minimum atomic E-state index is 0.344. The fourth-order valence-electron chi connectivity index (χ4n) is 4.07. The van der Waals surface area contributed by atoms with Crippen molar-refractivity contribution in [3.63, 3.8) is 0 Å². The van der Waals surface area contributed by atoms with Gasteiger partial charge >= 0.3 is 0 Å². The molecule has 3 rings (SSSR count). The molecular formula is C20H32N6. The van der Waals surface area contributed by atoms with E-state index in [9.17, 15) is 0 Å². The van der Waals surface area contributed by atoms with E-state index in [0.717, 1.165) is 24.7 Å². The maximum absolute atomic E-state index is 4.76. The van der Waals surface area contributed by atoms with E-state index in [4.69, 9.17) is 4.98 Å². The smallest absolute Gasteiger partial charge is 0.133 e. The normalized spacial score (nSPS) is 21.3. The summed E-state index contributed by atoms with van der Waals surface area (Å²) in [7, 11) is 4.15. The minimum Gasteiger partial charge on any atom is -0.359 e. The Balaban J connectivity index is 1.80. The second-order valence-electron chi connectivity index (χ2n) is 7.73. The van der Waals surface area contributed by atoms with Crippen LogP contribution < -0.4 is 4.90 Å². The first-order chi connectivity index (χ1) is 12.5. The summed E-state index contributed by atoms with van der Waals surface area (Å²) in [5.41, 5.74) is 1.33. The zero-order valence-electron chi connectivity index (χ0n) is 16.8. The third-order valence-corrected chi connectivity index (χ3v) is 5.41. The van der Waals surface area contributed by atoms with Gasteiger partial charge in [-0.2, -0.15) is 5.10 Å². The first-order valence-corrected chi connectivity index (χ1v) is 9.76. The minimum absolute atomic E-state index is 0.344. The van der Waals surface area contributed by atoms with Crippen LogP contribution in [0.15, 0.2) is 24.7 Å². The summed E-state index contributed by atoms with van der Waals surface area (Å²) in [4.78, 5) is 14.1. The molecule has 0 aromatic carbocycles. The van der Waals surface area contributed by atoms with E-state index in [1.165, 1.54) is 24.9 Å². The quantitative estimate of drug-likeness (QED) is 0.795. The molecule has 0 N–H and O–H groups in total. The molecule has 0 saturated carbocycles. The Morgan fingerprint density at radius 3 is 2.81 bits per heavy atom. The lowest BCUT2D eigenvalue weighted by atomic mass is 9.85. The predicted molar refractivity (Wildman–Crippen MR) is 105 cm³/mol. The molecule has 1 aliphatic heterocycles. The van der Waals surface area contributed by atoms with Crippen molar-refractivity contribution in [3.05, 3.63) is 36.0 Å². The van der Waals surface area contributed by atoms with Crippen LogP contribution in [0.25, 0.3) is 0 Å². The van der Waals surface area contributed by atoms with Gasteiger partial charge in [-0.05, 0) is 37.9 Å². The summed E-state index contributed by atoms with van der Waals surface area (Å²) in [6.45, 7) is 9.76. The summed E-state index contributed by atoms with van der Waals surface area (Å²) < 4.78 is 1.91. The van der Waals surface area contributed by atoms with Crippen molar-refractivity contribution in [2.45, 2.75) is 45.6 Å². The molecular weight excluding hydrogens is 324 g/mol. The topological polar surface area (TPSA) is 50.1 Å². The van der Waals surface area contributed by atoms with E-state index >= 15 is 0 Å². The molecule has 0 bridgehead atoms. The number of anilines is 1. The van der Waals surface area contributed by atoms with Crippen molar-refractivity contribution >= 4 is 5.82 Å². The summed E-state index contributed by atoms with van der Waals surface area (Å²) >= 11 is 0. The van der Waals surface area contributed by atoms with E-state index in [1.54, 1.807) is 0 Å². The molecule has 2 aromatic heterocycles. The number of rotatable bonds is 6. The Bertz CT molecular complexity index is 710. The van der Waals surface area contributed by atoms with Crippen molar-refractivity contribution in [2.75, 3.05) is 31.6 Å². The molecule has 0 amide bonds. The van der Waals surface area contributed by atoms with Gasteiger partial charge in [-0.3, -0.25) is 9.58 Å². The van der Waals surface area contributed by atoms with Crippen molar-refractivity contribution < 1.29 is 0 Å². The molecule has 1 fully saturated rings. The Morgan fingerprint density at radius 2 is 2.15 bits per heavy atom. The zero-order valence-corrected chi connectivity index (χ0v) is 16.8. The number of aryl methyl sites for hydroxylation is 1. The van der Waals surface area contributed by atoms with E-state index in [1.807, 2.05) is 30.2 Å². The first kappa shape index (κ1) is 18.8. The van der Waals surface area contributed by atoms with Gasteiger partial charge in [0.05, 0.1) is 6.20 Å². The highest BCUT2D eigenvalue weighted by atomic mass is 15.3. The van der Waals surface area contributed by atoms with Gasteiger partial charge in [-0.1, -0.05) is 20.8 Å². The lowest BCUT2D eigenvalue weighted by Gasteiger charge is -2.42. The fraction of sp³-hybridized carbons (Fsp3) is 0.650. The van der Waals surface area contributed by atoms with Gasteiger partial charge in [-0.25, -0.2) is 9.97 Å². The molecule has 1 saturated heterocycles. The van der Waals surface area contributed by atoms with Crippen molar-refractivity contribution in [3.8, 4) is 0 Å². The summed E-state index contributed by atoms with van der Waals surface area (Å²) in [5.74, 6) is 2.84. The molecule has 2 atom stereocenters. The number of hydrogen-bond donors (Lipinski definition) is 0. The van der Waals surface area contributed by atoms with Crippen molar-refractivity contribution in [1.29, 1.82) is 0 Å². The number of nitrogens with zero attached hydrogens (tertiary/aromatic N) is 6. The number of likely N-dealkylation sites (tertiary alicyclic amines) is 1. The summed E-state index contributed by atoms with van der Waals surface area (Å²) in [6.07, 6.45) is 8.58. The van der Waals surface area contributed by atoms with Crippen molar-refractivity contribution in [2.24, 2.45) is 13.0 Å².